The number of hydrogen-bond acceptors (Lipinski definition) is 5. The molecule has 29 heavy (non-hydrogen) atoms. The lowest BCUT2D eigenvalue weighted by atomic mass is 9.96. The molecule has 0 saturated carbocycles. The van der Waals surface area contributed by atoms with Crippen molar-refractivity contribution in [2.24, 2.45) is 5.92 Å². The van der Waals surface area contributed by atoms with Gasteiger partial charge in [-0.25, -0.2) is 13.8 Å². The number of likely N-dealkylation sites (tertiary alicyclic amines) is 1. The molecule has 1 aliphatic heterocycles. The highest BCUT2D eigenvalue weighted by Gasteiger charge is 2.25. The molecule has 0 aliphatic carbocycles. The Balaban J connectivity index is 1.33. The summed E-state index contributed by atoms with van der Waals surface area (Å²) < 4.78 is 31.8. The average Bonchev–Trinajstić information content (AvgIpc) is 3.13. The van der Waals surface area contributed by atoms with E-state index in [1.54, 1.807) is 4.90 Å². The van der Waals surface area contributed by atoms with E-state index in [2.05, 4.69) is 10.1 Å². The molecule has 0 spiro atoms. The molecule has 2 aromatic heterocycles. The molecule has 1 saturated heterocycles. The zero-order valence-electron chi connectivity index (χ0n) is 15.6. The normalized spacial score (nSPS) is 15.3. The van der Waals surface area contributed by atoms with Crippen LogP contribution in [0.2, 0.25) is 0 Å². The second-order valence-electron chi connectivity index (χ2n) is 7.23. The Bertz CT molecular complexity index is 1070. The molecule has 0 N–H and O–H groups in total. The Hall–Kier alpha value is -3.10. The minimum atomic E-state index is -2.76. The van der Waals surface area contributed by atoms with Crippen molar-refractivity contribution in [2.75, 3.05) is 13.1 Å². The van der Waals surface area contributed by atoms with Crippen molar-refractivity contribution < 1.29 is 18.1 Å². The minimum absolute atomic E-state index is 0.0115. The van der Waals surface area contributed by atoms with Crippen molar-refractivity contribution in [3.8, 4) is 0 Å². The molecule has 3 heterocycles. The highest BCUT2D eigenvalue weighted by Crippen LogP contribution is 2.22. The van der Waals surface area contributed by atoms with Gasteiger partial charge in [-0.05, 0) is 30.9 Å². The number of alkyl halides is 2. The first-order valence-corrected chi connectivity index (χ1v) is 9.47. The predicted molar refractivity (Wildman–Crippen MR) is 100 cm³/mol. The third kappa shape index (κ3) is 4.18. The molecule has 3 aromatic rings. The predicted octanol–water partition coefficient (Wildman–Crippen LogP) is 2.80. The first-order valence-electron chi connectivity index (χ1n) is 9.47. The van der Waals surface area contributed by atoms with E-state index in [9.17, 15) is 18.4 Å². The number of halogens is 2. The number of piperidine rings is 1. The van der Waals surface area contributed by atoms with Crippen LogP contribution in [0.4, 0.5) is 8.78 Å². The first kappa shape index (κ1) is 19.2. The van der Waals surface area contributed by atoms with Crippen LogP contribution in [0.15, 0.2) is 46.0 Å². The van der Waals surface area contributed by atoms with Crippen molar-refractivity contribution in [2.45, 2.75) is 32.2 Å². The van der Waals surface area contributed by atoms with Crippen molar-refractivity contribution in [3.05, 3.63) is 58.4 Å². The molecule has 152 valence electrons. The van der Waals surface area contributed by atoms with Gasteiger partial charge in [0.2, 0.25) is 5.91 Å². The molecular formula is C20H20F2N4O3. The Labute approximate surface area is 164 Å². The molecule has 1 fully saturated rings. The summed E-state index contributed by atoms with van der Waals surface area (Å²) in [6.07, 6.45) is 0.0632. The van der Waals surface area contributed by atoms with Crippen LogP contribution in [-0.4, -0.2) is 38.6 Å². The fraction of sp³-hybridized carbons (Fsp3) is 0.400. The van der Waals surface area contributed by atoms with E-state index in [4.69, 9.17) is 4.52 Å². The van der Waals surface area contributed by atoms with E-state index in [0.29, 0.717) is 30.9 Å². The molecule has 9 heteroatoms. The maximum atomic E-state index is 12.6. The second-order valence-corrected chi connectivity index (χ2v) is 7.23. The van der Waals surface area contributed by atoms with Gasteiger partial charge in [0.05, 0.1) is 12.7 Å². The average molecular weight is 402 g/mol. The Morgan fingerprint density at radius 1 is 1.24 bits per heavy atom. The van der Waals surface area contributed by atoms with Gasteiger partial charge in [-0.15, -0.1) is 0 Å². The molecule has 1 amide bonds. The fourth-order valence-electron chi connectivity index (χ4n) is 3.66. The van der Waals surface area contributed by atoms with Crippen molar-refractivity contribution in [1.82, 2.24) is 19.6 Å². The molecule has 1 aliphatic rings. The van der Waals surface area contributed by atoms with E-state index in [-0.39, 0.29) is 18.2 Å². The molecule has 0 unspecified atom stereocenters. The fourth-order valence-corrected chi connectivity index (χ4v) is 3.66. The molecule has 1 aromatic carbocycles. The van der Waals surface area contributed by atoms with Gasteiger partial charge in [-0.1, -0.05) is 17.3 Å². The highest BCUT2D eigenvalue weighted by molar-refractivity contribution is 5.86. The lowest BCUT2D eigenvalue weighted by Crippen LogP contribution is -2.40. The van der Waals surface area contributed by atoms with E-state index in [1.807, 2.05) is 24.3 Å². The zero-order chi connectivity index (χ0) is 20.4. The van der Waals surface area contributed by atoms with Gasteiger partial charge in [-0.3, -0.25) is 14.2 Å². The summed E-state index contributed by atoms with van der Waals surface area (Å²) in [6, 6.07) is 8.30. The number of fused-ring (bicyclic) bond motifs is 1. The summed E-state index contributed by atoms with van der Waals surface area (Å²) in [6.45, 7) is 1.57. The Morgan fingerprint density at radius 3 is 2.72 bits per heavy atom. The number of benzene rings is 1. The Morgan fingerprint density at radius 2 is 2.00 bits per heavy atom. The summed E-state index contributed by atoms with van der Waals surface area (Å²) in [4.78, 5) is 30.1. The van der Waals surface area contributed by atoms with Gasteiger partial charge in [0.15, 0.2) is 5.58 Å². The molecule has 7 nitrogen and oxygen atoms in total. The standard InChI is InChI=1S/C20H20F2N4O3/c21-20(22)16-10-19(28)26(12-23-16)11-13-5-7-25(8-6-13)18(27)9-15-14-3-1-2-4-17(14)29-24-15/h1-4,10,12-13,20H,5-9,11H2. The molecule has 0 radical (unpaired) electrons. The van der Waals surface area contributed by atoms with Gasteiger partial charge in [-0.2, -0.15) is 0 Å². The zero-order valence-corrected chi connectivity index (χ0v) is 15.6. The van der Waals surface area contributed by atoms with Crippen LogP contribution < -0.4 is 5.56 Å². The van der Waals surface area contributed by atoms with E-state index >= 15 is 0 Å². The molecule has 0 bridgehead atoms. The number of carbonyl (C=O) groups is 1. The lowest BCUT2D eigenvalue weighted by Gasteiger charge is -2.32. The van der Waals surface area contributed by atoms with Crippen LogP contribution in [0.5, 0.6) is 0 Å². The summed E-state index contributed by atoms with van der Waals surface area (Å²) in [5, 5.41) is 4.85. The van der Waals surface area contributed by atoms with Crippen LogP contribution in [0.1, 0.15) is 30.7 Å². The topological polar surface area (TPSA) is 81.2 Å². The number of rotatable bonds is 5. The van der Waals surface area contributed by atoms with Crippen LogP contribution in [-0.2, 0) is 17.8 Å². The summed E-state index contributed by atoms with van der Waals surface area (Å²) >= 11 is 0. The molecule has 4 rings (SSSR count). The van der Waals surface area contributed by atoms with Crippen LogP contribution >= 0.6 is 0 Å². The third-order valence-corrected chi connectivity index (χ3v) is 5.32. The second kappa shape index (κ2) is 8.10. The summed E-state index contributed by atoms with van der Waals surface area (Å²) in [7, 11) is 0. The van der Waals surface area contributed by atoms with Crippen molar-refractivity contribution >= 4 is 16.9 Å². The first-order chi connectivity index (χ1) is 14.0. The van der Waals surface area contributed by atoms with Crippen LogP contribution in [0, 0.1) is 5.92 Å². The molecule has 0 atom stereocenters. The molecular weight excluding hydrogens is 382 g/mol. The Kier molecular flexibility index (Phi) is 5.37. The monoisotopic (exact) mass is 402 g/mol. The number of para-hydroxylation sites is 1. The van der Waals surface area contributed by atoms with Crippen LogP contribution in [0.3, 0.4) is 0 Å². The van der Waals surface area contributed by atoms with E-state index in [0.717, 1.165) is 24.3 Å². The number of hydrogen-bond donors (Lipinski definition) is 0. The quantitative estimate of drug-likeness (QED) is 0.656. The summed E-state index contributed by atoms with van der Waals surface area (Å²) in [5.41, 5.74) is 0.300. The highest BCUT2D eigenvalue weighted by atomic mass is 19.3. The number of carbonyl (C=O) groups excluding carboxylic acids is 1. The van der Waals surface area contributed by atoms with Gasteiger partial charge in [0.1, 0.15) is 11.4 Å². The van der Waals surface area contributed by atoms with Gasteiger partial charge < -0.3 is 9.42 Å². The maximum Gasteiger partial charge on any atom is 0.280 e. The SMILES string of the molecule is O=C(Cc1noc2ccccc12)N1CCC(Cn2cnc(C(F)F)cc2=O)CC1. The van der Waals surface area contributed by atoms with Gasteiger partial charge in [0, 0.05) is 31.1 Å². The smallest absolute Gasteiger partial charge is 0.280 e. The van der Waals surface area contributed by atoms with E-state index < -0.39 is 17.7 Å². The third-order valence-electron chi connectivity index (χ3n) is 5.32. The van der Waals surface area contributed by atoms with E-state index in [1.165, 1.54) is 10.9 Å². The maximum absolute atomic E-state index is 12.6. The van der Waals surface area contributed by atoms with Crippen LogP contribution in [0.25, 0.3) is 11.0 Å². The largest absolute Gasteiger partial charge is 0.356 e. The lowest BCUT2D eigenvalue weighted by molar-refractivity contribution is -0.132. The van der Waals surface area contributed by atoms with Crippen molar-refractivity contribution in [1.29, 1.82) is 0 Å². The number of nitrogens with zero attached hydrogens (tertiary/aromatic N) is 4. The summed E-state index contributed by atoms with van der Waals surface area (Å²) in [5.74, 6) is 0.173. The minimum Gasteiger partial charge on any atom is -0.356 e. The van der Waals surface area contributed by atoms with Crippen molar-refractivity contribution in [3.63, 3.8) is 0 Å². The van der Waals surface area contributed by atoms with Gasteiger partial charge in [0.25, 0.3) is 12.0 Å². The number of amides is 1. The number of aromatic nitrogens is 3. The van der Waals surface area contributed by atoms with Gasteiger partial charge >= 0.3 is 0 Å².